The lowest BCUT2D eigenvalue weighted by Gasteiger charge is -2.07. The maximum atomic E-state index is 11.6. The molecule has 0 amide bonds. The van der Waals surface area contributed by atoms with Crippen LogP contribution in [0.1, 0.15) is 17.3 Å². The third-order valence-electron chi connectivity index (χ3n) is 2.08. The van der Waals surface area contributed by atoms with Gasteiger partial charge < -0.3 is 15.2 Å². The Morgan fingerprint density at radius 1 is 1.47 bits per heavy atom. The number of nitrogens with two attached hydrogens (primary N) is 1. The number of ether oxygens (including phenoxy) is 2. The molecule has 94 valence electrons. The lowest BCUT2D eigenvalue weighted by molar-refractivity contribution is 0.0527. The lowest BCUT2D eigenvalue weighted by atomic mass is 10.2. The predicted octanol–water partition coefficient (Wildman–Crippen LogP) is 2.18. The maximum absolute atomic E-state index is 11.6. The first-order valence-electron chi connectivity index (χ1n) is 5.37. The molecule has 0 aliphatic carbocycles. The summed E-state index contributed by atoms with van der Waals surface area (Å²) in [7, 11) is 1.66. The number of nitrogen functional groups attached to an aromatic ring is 1. The summed E-state index contributed by atoms with van der Waals surface area (Å²) in [5.74, 6) is 0.460. The zero-order valence-electron chi connectivity index (χ0n) is 10.1. The monoisotopic (exact) mass is 255 g/mol. The fourth-order valence-corrected chi connectivity index (χ4v) is 2.10. The molecule has 4 nitrogen and oxygen atoms in total. The molecule has 1 rings (SSSR count). The quantitative estimate of drug-likeness (QED) is 0.365. The normalized spacial score (nSPS) is 10.2. The van der Waals surface area contributed by atoms with Crippen molar-refractivity contribution in [2.75, 3.05) is 31.8 Å². The molecule has 0 heterocycles. The van der Waals surface area contributed by atoms with Gasteiger partial charge in [0.1, 0.15) is 0 Å². The number of thioether (sulfide) groups is 1. The second-order valence-electron chi connectivity index (χ2n) is 3.31. The molecule has 0 spiro atoms. The van der Waals surface area contributed by atoms with E-state index in [1.54, 1.807) is 37.9 Å². The summed E-state index contributed by atoms with van der Waals surface area (Å²) in [5.41, 5.74) is 6.61. The highest BCUT2D eigenvalue weighted by atomic mass is 32.2. The van der Waals surface area contributed by atoms with Gasteiger partial charge in [-0.2, -0.15) is 0 Å². The van der Waals surface area contributed by atoms with Crippen molar-refractivity contribution in [1.29, 1.82) is 0 Å². The van der Waals surface area contributed by atoms with E-state index in [2.05, 4.69) is 0 Å². The molecule has 0 saturated carbocycles. The smallest absolute Gasteiger partial charge is 0.340 e. The van der Waals surface area contributed by atoms with Crippen molar-refractivity contribution in [3.05, 3.63) is 23.8 Å². The molecule has 1 aromatic rings. The molecule has 0 bridgehead atoms. The Kier molecular flexibility index (Phi) is 5.86. The average molecular weight is 255 g/mol. The Labute approximate surface area is 105 Å². The zero-order valence-corrected chi connectivity index (χ0v) is 10.9. The molecule has 1 aromatic carbocycles. The Morgan fingerprint density at radius 2 is 2.24 bits per heavy atom. The standard InChI is InChI=1S/C12H17NO3S/c1-3-16-12(14)10-8-9(4-5-11(10)13)17-7-6-15-2/h4-5,8H,3,6-7,13H2,1-2H3. The average Bonchev–Trinajstić information content (AvgIpc) is 2.32. The number of carbonyl (C=O) groups is 1. The van der Waals surface area contributed by atoms with Gasteiger partial charge in [-0.05, 0) is 25.1 Å². The molecule has 0 aliphatic rings. The van der Waals surface area contributed by atoms with Gasteiger partial charge in [0.05, 0.1) is 18.8 Å². The van der Waals surface area contributed by atoms with Crippen LogP contribution in [0.4, 0.5) is 5.69 Å². The van der Waals surface area contributed by atoms with E-state index in [1.165, 1.54) is 0 Å². The number of rotatable bonds is 6. The molecule has 0 atom stereocenters. The highest BCUT2D eigenvalue weighted by Gasteiger charge is 2.11. The zero-order chi connectivity index (χ0) is 12.7. The van der Waals surface area contributed by atoms with Gasteiger partial charge in [-0.3, -0.25) is 0 Å². The van der Waals surface area contributed by atoms with Crippen molar-refractivity contribution in [2.45, 2.75) is 11.8 Å². The van der Waals surface area contributed by atoms with Crippen LogP contribution >= 0.6 is 11.8 Å². The van der Waals surface area contributed by atoms with Gasteiger partial charge in [0.25, 0.3) is 0 Å². The summed E-state index contributed by atoms with van der Waals surface area (Å²) in [6.45, 7) is 2.79. The van der Waals surface area contributed by atoms with E-state index in [9.17, 15) is 4.79 Å². The first kappa shape index (κ1) is 13.9. The summed E-state index contributed by atoms with van der Waals surface area (Å²) in [6, 6.07) is 5.37. The molecule has 0 fully saturated rings. The van der Waals surface area contributed by atoms with Crippen molar-refractivity contribution in [2.24, 2.45) is 0 Å². The van der Waals surface area contributed by atoms with Crippen LogP contribution in [0.2, 0.25) is 0 Å². The van der Waals surface area contributed by atoms with Crippen molar-refractivity contribution in [3.63, 3.8) is 0 Å². The van der Waals surface area contributed by atoms with Crippen LogP contribution < -0.4 is 5.73 Å². The Hall–Kier alpha value is -1.20. The summed E-state index contributed by atoms with van der Waals surface area (Å²) in [6.07, 6.45) is 0. The van der Waals surface area contributed by atoms with E-state index in [4.69, 9.17) is 15.2 Å². The summed E-state index contributed by atoms with van der Waals surface area (Å²) in [5, 5.41) is 0. The fourth-order valence-electron chi connectivity index (χ4n) is 1.25. The van der Waals surface area contributed by atoms with E-state index in [1.807, 2.05) is 6.07 Å². The molecule has 0 aromatic heterocycles. The van der Waals surface area contributed by atoms with Gasteiger partial charge in [0.15, 0.2) is 0 Å². The Bertz CT molecular complexity index is 382. The molecule has 0 saturated heterocycles. The maximum Gasteiger partial charge on any atom is 0.340 e. The van der Waals surface area contributed by atoms with Crippen molar-refractivity contribution in [1.82, 2.24) is 0 Å². The van der Waals surface area contributed by atoms with E-state index in [0.29, 0.717) is 24.5 Å². The van der Waals surface area contributed by atoms with Crippen molar-refractivity contribution < 1.29 is 14.3 Å². The number of methoxy groups -OCH3 is 1. The topological polar surface area (TPSA) is 61.5 Å². The molecular formula is C12H17NO3S. The Morgan fingerprint density at radius 3 is 2.88 bits per heavy atom. The molecule has 0 aliphatic heterocycles. The lowest BCUT2D eigenvalue weighted by Crippen LogP contribution is -2.08. The molecule has 0 radical (unpaired) electrons. The van der Waals surface area contributed by atoms with Crippen LogP contribution in [0.15, 0.2) is 23.1 Å². The SMILES string of the molecule is CCOC(=O)c1cc(SCCOC)ccc1N. The number of anilines is 1. The van der Waals surface area contributed by atoms with E-state index < -0.39 is 0 Å². The van der Waals surface area contributed by atoms with E-state index in [0.717, 1.165) is 10.6 Å². The van der Waals surface area contributed by atoms with E-state index >= 15 is 0 Å². The van der Waals surface area contributed by atoms with E-state index in [-0.39, 0.29) is 5.97 Å². The number of hydrogen-bond acceptors (Lipinski definition) is 5. The molecular weight excluding hydrogens is 238 g/mol. The van der Waals surface area contributed by atoms with Gasteiger partial charge in [-0.1, -0.05) is 0 Å². The summed E-state index contributed by atoms with van der Waals surface area (Å²) >= 11 is 1.62. The van der Waals surface area contributed by atoms with Crippen LogP contribution in [-0.2, 0) is 9.47 Å². The summed E-state index contributed by atoms with van der Waals surface area (Å²) < 4.78 is 9.90. The highest BCUT2D eigenvalue weighted by Crippen LogP contribution is 2.23. The second kappa shape index (κ2) is 7.19. The molecule has 2 N–H and O–H groups in total. The third kappa shape index (κ3) is 4.28. The minimum absolute atomic E-state index is 0.347. The van der Waals surface area contributed by atoms with Crippen LogP contribution in [-0.4, -0.2) is 32.0 Å². The highest BCUT2D eigenvalue weighted by molar-refractivity contribution is 7.99. The second-order valence-corrected chi connectivity index (χ2v) is 4.48. The van der Waals surface area contributed by atoms with Crippen LogP contribution in [0, 0.1) is 0 Å². The van der Waals surface area contributed by atoms with Gasteiger partial charge >= 0.3 is 5.97 Å². The van der Waals surface area contributed by atoms with Gasteiger partial charge in [-0.15, -0.1) is 11.8 Å². The predicted molar refractivity (Wildman–Crippen MR) is 69.4 cm³/mol. The van der Waals surface area contributed by atoms with Gasteiger partial charge in [0.2, 0.25) is 0 Å². The van der Waals surface area contributed by atoms with Crippen molar-refractivity contribution in [3.8, 4) is 0 Å². The first-order valence-corrected chi connectivity index (χ1v) is 6.36. The molecule has 0 unspecified atom stereocenters. The number of hydrogen-bond donors (Lipinski definition) is 1. The number of benzene rings is 1. The van der Waals surface area contributed by atoms with Gasteiger partial charge in [-0.25, -0.2) is 4.79 Å². The number of carbonyl (C=O) groups excluding carboxylic acids is 1. The molecule has 5 heteroatoms. The van der Waals surface area contributed by atoms with Crippen molar-refractivity contribution >= 4 is 23.4 Å². The van der Waals surface area contributed by atoms with Crippen LogP contribution in [0.5, 0.6) is 0 Å². The minimum atomic E-state index is -0.376. The fraction of sp³-hybridized carbons (Fsp3) is 0.417. The summed E-state index contributed by atoms with van der Waals surface area (Å²) in [4.78, 5) is 12.6. The third-order valence-corrected chi connectivity index (χ3v) is 3.03. The van der Waals surface area contributed by atoms with Gasteiger partial charge in [0, 0.05) is 23.4 Å². The first-order chi connectivity index (χ1) is 8.19. The van der Waals surface area contributed by atoms with Crippen LogP contribution in [0.25, 0.3) is 0 Å². The molecule has 17 heavy (non-hydrogen) atoms. The number of esters is 1. The minimum Gasteiger partial charge on any atom is -0.462 e. The van der Waals surface area contributed by atoms with Crippen LogP contribution in [0.3, 0.4) is 0 Å². The largest absolute Gasteiger partial charge is 0.462 e. The Balaban J connectivity index is 2.75.